The molecule has 120 valence electrons. The number of furan rings is 1. The molecule has 0 atom stereocenters. The van der Waals surface area contributed by atoms with Crippen LogP contribution in [0.3, 0.4) is 0 Å². The molecule has 2 aromatic heterocycles. The van der Waals surface area contributed by atoms with Crippen molar-refractivity contribution in [2.45, 2.75) is 6.92 Å². The van der Waals surface area contributed by atoms with Crippen LogP contribution in [0.5, 0.6) is 0 Å². The number of pyridine rings is 1. The molecule has 5 rings (SSSR count). The van der Waals surface area contributed by atoms with Crippen molar-refractivity contribution in [2.75, 3.05) is 0 Å². The van der Waals surface area contributed by atoms with Crippen LogP contribution in [0.2, 0.25) is 0 Å². The highest BCUT2D eigenvalue weighted by molar-refractivity contribution is 6.09. The topological polar surface area (TPSA) is 17.0 Å². The Hall–Kier alpha value is -3.13. The minimum atomic E-state index is 0.932. The predicted octanol–water partition coefficient (Wildman–Crippen LogP) is 5.54. The van der Waals surface area contributed by atoms with Gasteiger partial charge in [0.05, 0.1) is 11.5 Å². The van der Waals surface area contributed by atoms with Crippen molar-refractivity contribution in [2.24, 2.45) is 7.05 Å². The maximum Gasteiger partial charge on any atom is 0.216 e. The highest BCUT2D eigenvalue weighted by Gasteiger charge is 2.18. The van der Waals surface area contributed by atoms with E-state index in [-0.39, 0.29) is 0 Å². The van der Waals surface area contributed by atoms with E-state index >= 15 is 0 Å². The van der Waals surface area contributed by atoms with Crippen LogP contribution in [0.1, 0.15) is 5.56 Å². The molecule has 0 saturated heterocycles. The van der Waals surface area contributed by atoms with Crippen LogP contribution in [-0.2, 0) is 7.05 Å². The first-order valence-electron chi connectivity index (χ1n) is 8.51. The van der Waals surface area contributed by atoms with Gasteiger partial charge >= 0.3 is 0 Å². The van der Waals surface area contributed by atoms with Crippen molar-refractivity contribution in [3.05, 3.63) is 78.5 Å². The molecule has 0 bridgehead atoms. The van der Waals surface area contributed by atoms with Gasteiger partial charge in [0, 0.05) is 10.9 Å². The molecule has 0 saturated carbocycles. The second-order valence-electron chi connectivity index (χ2n) is 6.66. The average Bonchev–Trinajstić information content (AvgIpc) is 2.96. The van der Waals surface area contributed by atoms with E-state index in [9.17, 15) is 0 Å². The summed E-state index contributed by atoms with van der Waals surface area (Å²) in [5.41, 5.74) is 5.53. The maximum atomic E-state index is 6.20. The van der Waals surface area contributed by atoms with Crippen molar-refractivity contribution in [1.82, 2.24) is 0 Å². The van der Waals surface area contributed by atoms with Gasteiger partial charge in [0.25, 0.3) is 0 Å². The van der Waals surface area contributed by atoms with Crippen LogP contribution in [0.25, 0.3) is 44.0 Å². The number of rotatable bonds is 1. The lowest BCUT2D eigenvalue weighted by atomic mass is 10.0. The largest absolute Gasteiger partial charge is 0.456 e. The van der Waals surface area contributed by atoms with E-state index < -0.39 is 0 Å². The quantitative estimate of drug-likeness (QED) is 0.370. The van der Waals surface area contributed by atoms with Crippen molar-refractivity contribution in [1.29, 1.82) is 0 Å². The van der Waals surface area contributed by atoms with Gasteiger partial charge in [0.2, 0.25) is 5.69 Å². The summed E-state index contributed by atoms with van der Waals surface area (Å²) in [6.45, 7) is 2.14. The second-order valence-corrected chi connectivity index (χ2v) is 6.66. The summed E-state index contributed by atoms with van der Waals surface area (Å²) in [6.07, 6.45) is 2.18. The molecule has 0 spiro atoms. The third-order valence-corrected chi connectivity index (χ3v) is 5.02. The number of aryl methyl sites for hydroxylation is 2. The minimum absolute atomic E-state index is 0.932. The number of hydrogen-bond donors (Lipinski definition) is 0. The van der Waals surface area contributed by atoms with Gasteiger partial charge in [-0.1, -0.05) is 42.5 Å². The molecule has 2 heteroatoms. The average molecular weight is 324 g/mol. The number of benzene rings is 3. The van der Waals surface area contributed by atoms with Gasteiger partial charge in [0.15, 0.2) is 6.20 Å². The third-order valence-electron chi connectivity index (χ3n) is 5.02. The van der Waals surface area contributed by atoms with Crippen LogP contribution in [0.15, 0.2) is 77.3 Å². The van der Waals surface area contributed by atoms with Crippen molar-refractivity contribution in [3.63, 3.8) is 0 Å². The highest BCUT2D eigenvalue weighted by atomic mass is 16.3. The Balaban J connectivity index is 1.84. The number of fused-ring (bicyclic) bond motifs is 4. The first kappa shape index (κ1) is 14.2. The summed E-state index contributed by atoms with van der Waals surface area (Å²) < 4.78 is 8.39. The molecule has 0 aliphatic heterocycles. The van der Waals surface area contributed by atoms with Gasteiger partial charge in [-0.2, -0.15) is 0 Å². The molecule has 0 unspecified atom stereocenters. The van der Waals surface area contributed by atoms with Crippen LogP contribution in [-0.4, -0.2) is 0 Å². The van der Waals surface area contributed by atoms with Gasteiger partial charge < -0.3 is 4.42 Å². The zero-order valence-electron chi connectivity index (χ0n) is 14.3. The SMILES string of the molecule is Cc1ccccc1-c1cc2oc3cc4ccccc4cc3c2c[n+]1C. The van der Waals surface area contributed by atoms with Gasteiger partial charge in [-0.05, 0) is 41.5 Å². The highest BCUT2D eigenvalue weighted by Crippen LogP contribution is 2.33. The second kappa shape index (κ2) is 5.18. The van der Waals surface area contributed by atoms with E-state index in [1.165, 1.54) is 27.3 Å². The van der Waals surface area contributed by atoms with Crippen LogP contribution in [0, 0.1) is 6.92 Å². The van der Waals surface area contributed by atoms with Crippen molar-refractivity contribution >= 4 is 32.7 Å². The van der Waals surface area contributed by atoms with Gasteiger partial charge in [-0.3, -0.25) is 0 Å². The fourth-order valence-electron chi connectivity index (χ4n) is 3.68. The number of hydrogen-bond acceptors (Lipinski definition) is 1. The summed E-state index contributed by atoms with van der Waals surface area (Å²) in [6, 6.07) is 23.4. The fourth-order valence-corrected chi connectivity index (χ4v) is 3.68. The normalized spacial score (nSPS) is 11.6. The van der Waals surface area contributed by atoms with Gasteiger partial charge in [-0.25, -0.2) is 4.57 Å². The van der Waals surface area contributed by atoms with Crippen LogP contribution < -0.4 is 4.57 Å². The smallest absolute Gasteiger partial charge is 0.216 e. The van der Waals surface area contributed by atoms with Crippen molar-refractivity contribution < 1.29 is 8.98 Å². The standard InChI is InChI=1S/C23H18NO/c1-15-7-3-6-10-18(15)21-13-23-20(14-24(21)2)19-11-16-8-4-5-9-17(16)12-22(19)25-23/h3-14H,1-2H3/q+1. The van der Waals surface area contributed by atoms with Crippen LogP contribution >= 0.6 is 0 Å². The molecule has 2 heterocycles. The van der Waals surface area contributed by atoms with E-state index in [1.54, 1.807) is 0 Å². The first-order chi connectivity index (χ1) is 12.2. The monoisotopic (exact) mass is 324 g/mol. The Morgan fingerprint density at radius 1 is 0.760 bits per heavy atom. The summed E-state index contributed by atoms with van der Waals surface area (Å²) in [7, 11) is 2.10. The van der Waals surface area contributed by atoms with Crippen LogP contribution in [0.4, 0.5) is 0 Å². The van der Waals surface area contributed by atoms with E-state index in [2.05, 4.69) is 91.5 Å². The Bertz CT molecular complexity index is 1260. The minimum Gasteiger partial charge on any atom is -0.456 e. The fraction of sp³-hybridized carbons (Fsp3) is 0.0870. The third kappa shape index (κ3) is 2.14. The van der Waals surface area contributed by atoms with Gasteiger partial charge in [0.1, 0.15) is 18.2 Å². The lowest BCUT2D eigenvalue weighted by molar-refractivity contribution is -0.659. The Kier molecular flexibility index (Phi) is 2.95. The molecule has 3 aromatic carbocycles. The molecular formula is C23H18NO+. The van der Waals surface area contributed by atoms with Crippen molar-refractivity contribution in [3.8, 4) is 11.3 Å². The van der Waals surface area contributed by atoms with Gasteiger partial charge in [-0.15, -0.1) is 0 Å². The summed E-state index contributed by atoms with van der Waals surface area (Å²) in [4.78, 5) is 0. The molecule has 0 amide bonds. The molecule has 5 aromatic rings. The molecular weight excluding hydrogens is 306 g/mol. The molecule has 0 radical (unpaired) electrons. The molecule has 2 nitrogen and oxygen atoms in total. The molecule has 0 N–H and O–H groups in total. The zero-order chi connectivity index (χ0) is 17.0. The van der Waals surface area contributed by atoms with E-state index in [1.807, 2.05) is 0 Å². The Morgan fingerprint density at radius 3 is 2.24 bits per heavy atom. The lowest BCUT2D eigenvalue weighted by Gasteiger charge is -2.03. The summed E-state index contributed by atoms with van der Waals surface area (Å²) in [5, 5.41) is 4.77. The van der Waals surface area contributed by atoms with E-state index in [0.29, 0.717) is 0 Å². The number of aromatic nitrogens is 1. The molecule has 25 heavy (non-hydrogen) atoms. The number of nitrogens with zero attached hydrogens (tertiary/aromatic N) is 1. The zero-order valence-corrected chi connectivity index (χ0v) is 14.3. The Morgan fingerprint density at radius 2 is 1.44 bits per heavy atom. The van der Waals surface area contributed by atoms with E-state index in [4.69, 9.17) is 4.42 Å². The van der Waals surface area contributed by atoms with E-state index in [0.717, 1.165) is 22.2 Å². The molecule has 0 fully saturated rings. The Labute approximate surface area is 145 Å². The predicted molar refractivity (Wildman–Crippen MR) is 103 cm³/mol. The summed E-state index contributed by atoms with van der Waals surface area (Å²) >= 11 is 0. The summed E-state index contributed by atoms with van der Waals surface area (Å²) in [5.74, 6) is 0. The lowest BCUT2D eigenvalue weighted by Crippen LogP contribution is -2.30. The molecule has 0 aliphatic rings. The first-order valence-corrected chi connectivity index (χ1v) is 8.51. The maximum absolute atomic E-state index is 6.20. The molecule has 0 aliphatic carbocycles.